The van der Waals surface area contributed by atoms with Gasteiger partial charge in [-0.1, -0.05) is 28.0 Å². The van der Waals surface area contributed by atoms with E-state index in [0.717, 1.165) is 57.2 Å². The lowest BCUT2D eigenvalue weighted by atomic mass is 10.1. The van der Waals surface area contributed by atoms with E-state index in [1.165, 1.54) is 30.6 Å². The van der Waals surface area contributed by atoms with E-state index < -0.39 is 0 Å². The Hall–Kier alpha value is -0.720. The lowest BCUT2D eigenvalue weighted by Crippen LogP contribution is -2.49. The summed E-state index contributed by atoms with van der Waals surface area (Å²) in [4.78, 5) is 21.0. The number of aromatic nitrogens is 1. The number of nitrogens with zero attached hydrogens (tertiary/aromatic N) is 3. The van der Waals surface area contributed by atoms with Crippen LogP contribution in [0.25, 0.3) is 0 Å². The topological polar surface area (TPSA) is 36.4 Å². The summed E-state index contributed by atoms with van der Waals surface area (Å²) in [6, 6.07) is 4.17. The van der Waals surface area contributed by atoms with Gasteiger partial charge < -0.3 is 4.90 Å². The number of pyridine rings is 1. The van der Waals surface area contributed by atoms with Crippen molar-refractivity contribution in [1.29, 1.82) is 0 Å². The highest BCUT2D eigenvalue weighted by Crippen LogP contribution is 2.39. The zero-order chi connectivity index (χ0) is 17.3. The van der Waals surface area contributed by atoms with Gasteiger partial charge in [0, 0.05) is 62.5 Å². The average molecular weight is 380 g/mol. The smallest absolute Gasteiger partial charge is 0.222 e. The Kier molecular flexibility index (Phi) is 7.95. The van der Waals surface area contributed by atoms with Crippen molar-refractivity contribution in [2.24, 2.45) is 0 Å². The van der Waals surface area contributed by atoms with Crippen molar-refractivity contribution in [3.8, 4) is 0 Å². The summed E-state index contributed by atoms with van der Waals surface area (Å²) in [6.07, 6.45) is 10.4. The number of rotatable bonds is 8. The first-order valence-electron chi connectivity index (χ1n) is 9.48. The predicted octanol–water partition coefficient (Wildman–Crippen LogP) is 3.48. The number of piperazine rings is 1. The predicted molar refractivity (Wildman–Crippen MR) is 108 cm³/mol. The molecule has 1 unspecified atom stereocenters. The van der Waals surface area contributed by atoms with Crippen LogP contribution in [-0.2, 0) is 11.2 Å². The summed E-state index contributed by atoms with van der Waals surface area (Å²) >= 11 is 0. The molecule has 1 aromatic rings. The highest BCUT2D eigenvalue weighted by atomic mass is 33.1. The zero-order valence-electron chi connectivity index (χ0n) is 14.9. The van der Waals surface area contributed by atoms with Crippen LogP contribution in [0.3, 0.4) is 0 Å². The molecule has 1 atom stereocenters. The second-order valence-corrected chi connectivity index (χ2v) is 9.69. The molecule has 138 valence electrons. The zero-order valence-corrected chi connectivity index (χ0v) is 16.6. The van der Waals surface area contributed by atoms with Crippen molar-refractivity contribution in [2.45, 2.75) is 43.8 Å². The first kappa shape index (κ1) is 19.1. The number of carbonyl (C=O) groups is 1. The van der Waals surface area contributed by atoms with Gasteiger partial charge in [-0.05, 0) is 43.4 Å². The third-order valence-corrected chi connectivity index (χ3v) is 8.09. The maximum atomic E-state index is 12.4. The van der Waals surface area contributed by atoms with E-state index in [9.17, 15) is 4.79 Å². The minimum Gasteiger partial charge on any atom is -0.340 e. The fourth-order valence-corrected chi connectivity index (χ4v) is 6.46. The highest BCUT2D eigenvalue weighted by Gasteiger charge is 2.21. The van der Waals surface area contributed by atoms with Gasteiger partial charge in [0.05, 0.1) is 0 Å². The van der Waals surface area contributed by atoms with Gasteiger partial charge in [-0.25, -0.2) is 0 Å². The molecule has 2 saturated heterocycles. The molecular formula is C19H29N3OS2. The normalized spacial score (nSPS) is 21.6. The largest absolute Gasteiger partial charge is 0.340 e. The van der Waals surface area contributed by atoms with Crippen molar-refractivity contribution in [1.82, 2.24) is 14.8 Å². The fraction of sp³-hybridized carbons (Fsp3) is 0.684. The fourth-order valence-electron chi connectivity index (χ4n) is 3.43. The van der Waals surface area contributed by atoms with Crippen LogP contribution in [-0.4, -0.2) is 64.4 Å². The average Bonchev–Trinajstić information content (AvgIpc) is 3.18. The molecule has 4 nitrogen and oxygen atoms in total. The molecule has 1 amide bonds. The van der Waals surface area contributed by atoms with Crippen LogP contribution < -0.4 is 0 Å². The van der Waals surface area contributed by atoms with E-state index in [2.05, 4.69) is 26.9 Å². The molecule has 0 bridgehead atoms. The summed E-state index contributed by atoms with van der Waals surface area (Å²) in [5.41, 5.74) is 1.34. The number of amides is 1. The van der Waals surface area contributed by atoms with Crippen molar-refractivity contribution < 1.29 is 4.79 Å². The molecule has 3 rings (SSSR count). The number of hydrogen-bond donors (Lipinski definition) is 0. The minimum atomic E-state index is 0.363. The second kappa shape index (κ2) is 10.4. The van der Waals surface area contributed by atoms with Crippen LogP contribution in [0.4, 0.5) is 0 Å². The van der Waals surface area contributed by atoms with Gasteiger partial charge in [0.1, 0.15) is 0 Å². The SMILES string of the molecule is O=C(CCCCC1CCSS1)N1CCN(CCc2ccncc2)CC1. The van der Waals surface area contributed by atoms with Crippen LogP contribution in [0.5, 0.6) is 0 Å². The van der Waals surface area contributed by atoms with Crippen LogP contribution in [0.1, 0.15) is 37.7 Å². The standard InChI is InChI=1S/C19H29N3OS2/c23-19(4-2-1-3-18-8-16-24-25-18)22-14-12-21(13-15-22)11-7-17-5-9-20-10-6-17/h5-6,9-10,18H,1-4,7-8,11-16H2. The van der Waals surface area contributed by atoms with E-state index >= 15 is 0 Å². The molecule has 0 aliphatic carbocycles. The van der Waals surface area contributed by atoms with Crippen molar-refractivity contribution >= 4 is 27.5 Å². The molecule has 3 heterocycles. The van der Waals surface area contributed by atoms with Crippen molar-refractivity contribution in [3.05, 3.63) is 30.1 Å². The molecule has 1 aromatic heterocycles. The van der Waals surface area contributed by atoms with E-state index in [4.69, 9.17) is 0 Å². The second-order valence-electron chi connectivity index (χ2n) is 6.90. The number of carbonyl (C=O) groups excluding carboxylic acids is 1. The summed E-state index contributed by atoms with van der Waals surface area (Å²) in [7, 11) is 4.05. The Balaban J connectivity index is 1.27. The summed E-state index contributed by atoms with van der Waals surface area (Å²) in [5, 5.41) is 0.837. The number of hydrogen-bond acceptors (Lipinski definition) is 5. The molecule has 2 fully saturated rings. The van der Waals surface area contributed by atoms with Gasteiger partial charge >= 0.3 is 0 Å². The molecule has 0 N–H and O–H groups in total. The third kappa shape index (κ3) is 6.50. The Morgan fingerprint density at radius 1 is 1.16 bits per heavy atom. The van der Waals surface area contributed by atoms with Gasteiger partial charge in [0.2, 0.25) is 5.91 Å². The monoisotopic (exact) mass is 379 g/mol. The molecule has 0 spiro atoms. The Morgan fingerprint density at radius 3 is 2.68 bits per heavy atom. The maximum Gasteiger partial charge on any atom is 0.222 e. The lowest BCUT2D eigenvalue weighted by molar-refractivity contribution is -0.133. The molecule has 2 aliphatic heterocycles. The summed E-state index contributed by atoms with van der Waals surface area (Å²) < 4.78 is 0. The van der Waals surface area contributed by atoms with Crippen molar-refractivity contribution in [2.75, 3.05) is 38.5 Å². The van der Waals surface area contributed by atoms with Gasteiger partial charge in [0.25, 0.3) is 0 Å². The Morgan fingerprint density at radius 2 is 1.96 bits per heavy atom. The Bertz CT molecular complexity index is 515. The summed E-state index contributed by atoms with van der Waals surface area (Å²) in [6.45, 7) is 4.87. The van der Waals surface area contributed by atoms with Crippen LogP contribution in [0.15, 0.2) is 24.5 Å². The first-order chi connectivity index (χ1) is 12.3. The Labute approximate surface area is 159 Å². The van der Waals surface area contributed by atoms with Crippen LogP contribution in [0, 0.1) is 0 Å². The molecule has 6 heteroatoms. The van der Waals surface area contributed by atoms with Gasteiger partial charge in [0.15, 0.2) is 0 Å². The van der Waals surface area contributed by atoms with Crippen molar-refractivity contribution in [3.63, 3.8) is 0 Å². The molecule has 2 aliphatic rings. The maximum absolute atomic E-state index is 12.4. The quantitative estimate of drug-likeness (QED) is 0.510. The van der Waals surface area contributed by atoms with E-state index in [-0.39, 0.29) is 0 Å². The third-order valence-electron chi connectivity index (χ3n) is 5.09. The van der Waals surface area contributed by atoms with E-state index in [0.29, 0.717) is 5.91 Å². The highest BCUT2D eigenvalue weighted by molar-refractivity contribution is 8.77. The summed E-state index contributed by atoms with van der Waals surface area (Å²) in [5.74, 6) is 1.67. The molecule has 0 radical (unpaired) electrons. The molecule has 0 aromatic carbocycles. The number of unbranched alkanes of at least 4 members (excludes halogenated alkanes) is 1. The lowest BCUT2D eigenvalue weighted by Gasteiger charge is -2.34. The van der Waals surface area contributed by atoms with Gasteiger partial charge in [-0.2, -0.15) is 0 Å². The van der Waals surface area contributed by atoms with Crippen LogP contribution >= 0.6 is 21.6 Å². The minimum absolute atomic E-state index is 0.363. The molecule has 0 saturated carbocycles. The molecule has 25 heavy (non-hydrogen) atoms. The molecular weight excluding hydrogens is 350 g/mol. The van der Waals surface area contributed by atoms with E-state index in [1.54, 1.807) is 0 Å². The van der Waals surface area contributed by atoms with Gasteiger partial charge in [-0.3, -0.25) is 14.7 Å². The van der Waals surface area contributed by atoms with Gasteiger partial charge in [-0.15, -0.1) is 0 Å². The van der Waals surface area contributed by atoms with E-state index in [1.807, 2.05) is 34.0 Å². The van der Waals surface area contributed by atoms with Crippen LogP contribution in [0.2, 0.25) is 0 Å². The first-order valence-corrected chi connectivity index (χ1v) is 11.9.